The van der Waals surface area contributed by atoms with Crippen LogP contribution in [-0.4, -0.2) is 30.8 Å². The summed E-state index contributed by atoms with van der Waals surface area (Å²) in [6.45, 7) is 0.641. The molecule has 19 heavy (non-hydrogen) atoms. The third kappa shape index (κ3) is 3.96. The van der Waals surface area contributed by atoms with Gasteiger partial charge in [0.25, 0.3) is 5.91 Å². The number of amides is 1. The third-order valence-electron chi connectivity index (χ3n) is 3.66. The first-order valence-corrected chi connectivity index (χ1v) is 6.79. The first-order chi connectivity index (χ1) is 9.19. The highest BCUT2D eigenvalue weighted by atomic mass is 16.5. The fraction of sp³-hybridized carbons (Fsp3) is 0.533. The molecule has 1 aromatic rings. The summed E-state index contributed by atoms with van der Waals surface area (Å²) in [6, 6.07) is 7.06. The fourth-order valence-corrected chi connectivity index (χ4v) is 2.53. The second-order valence-corrected chi connectivity index (χ2v) is 5.12. The van der Waals surface area contributed by atoms with Crippen molar-refractivity contribution in [2.45, 2.75) is 31.8 Å². The van der Waals surface area contributed by atoms with Crippen LogP contribution in [0.5, 0.6) is 5.75 Å². The Morgan fingerprint density at radius 3 is 2.74 bits per heavy atom. The van der Waals surface area contributed by atoms with E-state index in [9.17, 15) is 9.90 Å². The van der Waals surface area contributed by atoms with Gasteiger partial charge in [-0.05, 0) is 49.4 Å². The molecule has 2 N–H and O–H groups in total. The number of ether oxygens (including phenoxy) is 1. The number of rotatable bonds is 4. The Morgan fingerprint density at radius 1 is 1.37 bits per heavy atom. The number of hydrogen-bond acceptors (Lipinski definition) is 3. The Kier molecular flexibility index (Phi) is 4.80. The zero-order chi connectivity index (χ0) is 13.7. The summed E-state index contributed by atoms with van der Waals surface area (Å²) in [5, 5.41) is 12.5. The Balaban J connectivity index is 1.83. The van der Waals surface area contributed by atoms with Crippen LogP contribution < -0.4 is 10.1 Å². The van der Waals surface area contributed by atoms with Crippen LogP contribution in [0.4, 0.5) is 0 Å². The summed E-state index contributed by atoms with van der Waals surface area (Å²) in [6.07, 6.45) is 3.62. The molecule has 104 valence electrons. The largest absolute Gasteiger partial charge is 0.497 e. The van der Waals surface area contributed by atoms with E-state index in [0.29, 0.717) is 18.0 Å². The first-order valence-electron chi connectivity index (χ1n) is 6.79. The second kappa shape index (κ2) is 6.57. The van der Waals surface area contributed by atoms with Crippen LogP contribution >= 0.6 is 0 Å². The lowest BCUT2D eigenvalue weighted by molar-refractivity contribution is 0.0874. The molecule has 1 aliphatic carbocycles. The summed E-state index contributed by atoms with van der Waals surface area (Å²) in [7, 11) is 1.60. The van der Waals surface area contributed by atoms with Crippen LogP contribution in [0.25, 0.3) is 0 Å². The molecule has 0 saturated heterocycles. The van der Waals surface area contributed by atoms with E-state index in [2.05, 4.69) is 5.32 Å². The minimum atomic E-state index is -0.198. The molecule has 0 aliphatic heterocycles. The van der Waals surface area contributed by atoms with Gasteiger partial charge in [0.15, 0.2) is 0 Å². The predicted octanol–water partition coefficient (Wildman–Crippen LogP) is 1.98. The van der Waals surface area contributed by atoms with Crippen molar-refractivity contribution in [1.82, 2.24) is 5.32 Å². The van der Waals surface area contributed by atoms with E-state index in [1.807, 2.05) is 0 Å². The first kappa shape index (κ1) is 13.9. The van der Waals surface area contributed by atoms with Crippen molar-refractivity contribution in [1.29, 1.82) is 0 Å². The SMILES string of the molecule is COc1ccc(C(=O)NCC2CCCC(O)C2)cc1. The maximum Gasteiger partial charge on any atom is 0.251 e. The summed E-state index contributed by atoms with van der Waals surface area (Å²) in [4.78, 5) is 12.0. The highest BCUT2D eigenvalue weighted by molar-refractivity contribution is 5.94. The van der Waals surface area contributed by atoms with Crippen molar-refractivity contribution >= 4 is 5.91 Å². The summed E-state index contributed by atoms with van der Waals surface area (Å²) in [5.41, 5.74) is 0.636. The number of benzene rings is 1. The van der Waals surface area contributed by atoms with Gasteiger partial charge in [-0.15, -0.1) is 0 Å². The molecular weight excluding hydrogens is 242 g/mol. The summed E-state index contributed by atoms with van der Waals surface area (Å²) < 4.78 is 5.06. The average molecular weight is 263 g/mol. The number of carbonyl (C=O) groups is 1. The fourth-order valence-electron chi connectivity index (χ4n) is 2.53. The number of carbonyl (C=O) groups excluding carboxylic acids is 1. The number of methoxy groups -OCH3 is 1. The standard InChI is InChI=1S/C15H21NO3/c1-19-14-7-5-12(6-8-14)15(18)16-10-11-3-2-4-13(17)9-11/h5-8,11,13,17H,2-4,9-10H2,1H3,(H,16,18). The molecule has 2 atom stereocenters. The van der Waals surface area contributed by atoms with E-state index in [1.165, 1.54) is 0 Å². The number of nitrogens with one attached hydrogen (secondary N) is 1. The van der Waals surface area contributed by atoms with E-state index in [0.717, 1.165) is 31.4 Å². The van der Waals surface area contributed by atoms with Gasteiger partial charge < -0.3 is 15.2 Å². The molecule has 4 heteroatoms. The van der Waals surface area contributed by atoms with E-state index < -0.39 is 0 Å². The Bertz CT molecular complexity index is 416. The molecule has 4 nitrogen and oxygen atoms in total. The molecular formula is C15H21NO3. The molecule has 1 amide bonds. The summed E-state index contributed by atoms with van der Waals surface area (Å²) >= 11 is 0. The van der Waals surface area contributed by atoms with Crippen molar-refractivity contribution in [3.05, 3.63) is 29.8 Å². The second-order valence-electron chi connectivity index (χ2n) is 5.12. The van der Waals surface area contributed by atoms with Crippen molar-refractivity contribution in [3.63, 3.8) is 0 Å². The molecule has 1 aliphatic rings. The van der Waals surface area contributed by atoms with Crippen LogP contribution in [-0.2, 0) is 0 Å². The Labute approximate surface area is 113 Å². The maximum absolute atomic E-state index is 12.0. The van der Waals surface area contributed by atoms with Gasteiger partial charge in [0, 0.05) is 12.1 Å². The number of aliphatic hydroxyl groups excluding tert-OH is 1. The average Bonchev–Trinajstić information content (AvgIpc) is 2.45. The van der Waals surface area contributed by atoms with Crippen LogP contribution in [0.2, 0.25) is 0 Å². The van der Waals surface area contributed by atoms with Crippen molar-refractivity contribution < 1.29 is 14.6 Å². The predicted molar refractivity (Wildman–Crippen MR) is 73.3 cm³/mol. The monoisotopic (exact) mass is 263 g/mol. The molecule has 0 radical (unpaired) electrons. The van der Waals surface area contributed by atoms with E-state index in [4.69, 9.17) is 4.74 Å². The lowest BCUT2D eigenvalue weighted by Crippen LogP contribution is -2.32. The molecule has 1 aromatic carbocycles. The molecule has 0 bridgehead atoms. The quantitative estimate of drug-likeness (QED) is 0.873. The molecule has 1 saturated carbocycles. The molecule has 0 spiro atoms. The normalized spacial score (nSPS) is 22.8. The lowest BCUT2D eigenvalue weighted by atomic mass is 9.87. The Hall–Kier alpha value is -1.55. The molecule has 1 fully saturated rings. The smallest absolute Gasteiger partial charge is 0.251 e. The highest BCUT2D eigenvalue weighted by Crippen LogP contribution is 2.23. The number of hydrogen-bond donors (Lipinski definition) is 2. The molecule has 2 unspecified atom stereocenters. The third-order valence-corrected chi connectivity index (χ3v) is 3.66. The van der Waals surface area contributed by atoms with Crippen molar-refractivity contribution in [2.75, 3.05) is 13.7 Å². The van der Waals surface area contributed by atoms with Gasteiger partial charge >= 0.3 is 0 Å². The maximum atomic E-state index is 12.0. The zero-order valence-corrected chi connectivity index (χ0v) is 11.3. The van der Waals surface area contributed by atoms with E-state index in [-0.39, 0.29) is 12.0 Å². The van der Waals surface area contributed by atoms with Gasteiger partial charge in [0.05, 0.1) is 13.2 Å². The van der Waals surface area contributed by atoms with Crippen LogP contribution in [0.15, 0.2) is 24.3 Å². The van der Waals surface area contributed by atoms with Crippen LogP contribution in [0, 0.1) is 5.92 Å². The van der Waals surface area contributed by atoms with Gasteiger partial charge in [0.1, 0.15) is 5.75 Å². The highest BCUT2D eigenvalue weighted by Gasteiger charge is 2.20. The number of aliphatic hydroxyl groups is 1. The lowest BCUT2D eigenvalue weighted by Gasteiger charge is -2.25. The van der Waals surface area contributed by atoms with Gasteiger partial charge in [-0.3, -0.25) is 4.79 Å². The minimum absolute atomic E-state index is 0.0669. The molecule has 2 rings (SSSR count). The van der Waals surface area contributed by atoms with Gasteiger partial charge in [0.2, 0.25) is 0 Å². The van der Waals surface area contributed by atoms with E-state index >= 15 is 0 Å². The van der Waals surface area contributed by atoms with Crippen LogP contribution in [0.3, 0.4) is 0 Å². The van der Waals surface area contributed by atoms with Gasteiger partial charge in [-0.2, -0.15) is 0 Å². The Morgan fingerprint density at radius 2 is 2.11 bits per heavy atom. The van der Waals surface area contributed by atoms with Crippen molar-refractivity contribution in [2.24, 2.45) is 5.92 Å². The van der Waals surface area contributed by atoms with Gasteiger partial charge in [-0.25, -0.2) is 0 Å². The molecule has 0 aromatic heterocycles. The van der Waals surface area contributed by atoms with Crippen LogP contribution in [0.1, 0.15) is 36.0 Å². The minimum Gasteiger partial charge on any atom is -0.497 e. The summed E-state index contributed by atoms with van der Waals surface area (Å²) in [5.74, 6) is 1.07. The molecule has 0 heterocycles. The topological polar surface area (TPSA) is 58.6 Å². The van der Waals surface area contributed by atoms with Crippen molar-refractivity contribution in [3.8, 4) is 5.75 Å². The van der Waals surface area contributed by atoms with E-state index in [1.54, 1.807) is 31.4 Å². The zero-order valence-electron chi connectivity index (χ0n) is 11.3. The van der Waals surface area contributed by atoms with Gasteiger partial charge in [-0.1, -0.05) is 6.42 Å².